The van der Waals surface area contributed by atoms with E-state index in [4.69, 9.17) is 0 Å². The van der Waals surface area contributed by atoms with Gasteiger partial charge in [-0.1, -0.05) is 54.2 Å². The van der Waals surface area contributed by atoms with Crippen LogP contribution in [-0.2, 0) is 6.18 Å². The van der Waals surface area contributed by atoms with Gasteiger partial charge in [-0.2, -0.15) is 13.2 Å². The van der Waals surface area contributed by atoms with Crippen LogP contribution in [0.2, 0.25) is 0 Å². The van der Waals surface area contributed by atoms with Gasteiger partial charge >= 0.3 is 6.18 Å². The van der Waals surface area contributed by atoms with E-state index < -0.39 is 24.0 Å². The molecule has 2 atom stereocenters. The van der Waals surface area contributed by atoms with E-state index >= 15 is 0 Å². The van der Waals surface area contributed by atoms with Crippen LogP contribution in [-0.4, -0.2) is 42.5 Å². The molecule has 0 aromatic heterocycles. The van der Waals surface area contributed by atoms with Gasteiger partial charge in [-0.05, 0) is 56.1 Å². The quantitative estimate of drug-likeness (QED) is 0.178. The molecule has 5 rings (SSSR count). The molecule has 0 N–H and O–H groups in total. The number of nitrogens with zero attached hydrogens (tertiary/aromatic N) is 2. The summed E-state index contributed by atoms with van der Waals surface area (Å²) < 4.78 is 54.6. The molecule has 194 valence electrons. The third-order valence-corrected chi connectivity index (χ3v) is 8.17. The molecule has 0 amide bonds. The van der Waals surface area contributed by atoms with Crippen molar-refractivity contribution in [2.45, 2.75) is 53.9 Å². The zero-order valence-electron chi connectivity index (χ0n) is 20.3. The van der Waals surface area contributed by atoms with E-state index in [1.54, 1.807) is 18.2 Å². The maximum absolute atomic E-state index is 14.2. The first-order chi connectivity index (χ1) is 17.8. The number of unbranched alkanes of at least 4 members (excludes halogenated alkanes) is 1. The lowest BCUT2D eigenvalue weighted by Crippen LogP contribution is -2.48. The van der Waals surface area contributed by atoms with Crippen LogP contribution in [0.25, 0.3) is 0 Å². The fraction of sp³-hybridized carbons (Fsp3) is 0.345. The van der Waals surface area contributed by atoms with Crippen molar-refractivity contribution in [3.05, 3.63) is 83.9 Å². The highest BCUT2D eigenvalue weighted by Crippen LogP contribution is 2.49. The van der Waals surface area contributed by atoms with Crippen LogP contribution in [0, 0.1) is 0 Å². The molecule has 2 aliphatic heterocycles. The molecule has 2 heterocycles. The molecule has 0 radical (unpaired) electrons. The number of benzene rings is 3. The Bertz CT molecular complexity index is 1250. The standard InChI is InChI=1S/C29H28F4N2OS/c30-22-14-17-34(25(19-22)28(36)20-8-2-1-3-9-20)15-6-7-16-35-23-10-4-5-11-26(23)37-27-13-12-21(18-24(27)35)29(31,32)33/h1-5,8-13,18,22,25H,6-7,14-17,19H2. The number of carbonyl (C=O) groups excluding carboxylic acids is 1. The molecule has 2 unspecified atom stereocenters. The Balaban J connectivity index is 1.29. The second-order valence-electron chi connectivity index (χ2n) is 9.51. The van der Waals surface area contributed by atoms with E-state index in [1.165, 1.54) is 17.8 Å². The Hall–Kier alpha value is -2.84. The van der Waals surface area contributed by atoms with Gasteiger partial charge in [0.05, 0.1) is 23.0 Å². The summed E-state index contributed by atoms with van der Waals surface area (Å²) in [5.41, 5.74) is 1.39. The zero-order chi connectivity index (χ0) is 26.0. The highest BCUT2D eigenvalue weighted by atomic mass is 32.2. The summed E-state index contributed by atoms with van der Waals surface area (Å²) in [6, 6.07) is 20.2. The minimum atomic E-state index is -4.41. The predicted octanol–water partition coefficient (Wildman–Crippen LogP) is 7.77. The highest BCUT2D eigenvalue weighted by Gasteiger charge is 2.35. The summed E-state index contributed by atoms with van der Waals surface area (Å²) in [4.78, 5) is 19.0. The summed E-state index contributed by atoms with van der Waals surface area (Å²) in [6.45, 7) is 1.70. The van der Waals surface area contributed by atoms with E-state index in [1.807, 2.05) is 47.4 Å². The van der Waals surface area contributed by atoms with Gasteiger partial charge in [0.25, 0.3) is 0 Å². The van der Waals surface area contributed by atoms with Gasteiger partial charge in [0.1, 0.15) is 6.17 Å². The minimum absolute atomic E-state index is 0.0569. The first kappa shape index (κ1) is 25.8. The Kier molecular flexibility index (Phi) is 7.58. The van der Waals surface area contributed by atoms with Crippen molar-refractivity contribution in [1.82, 2.24) is 4.90 Å². The van der Waals surface area contributed by atoms with E-state index in [0.29, 0.717) is 37.3 Å². The van der Waals surface area contributed by atoms with E-state index in [0.717, 1.165) is 34.4 Å². The van der Waals surface area contributed by atoms with Crippen molar-refractivity contribution < 1.29 is 22.4 Å². The van der Waals surface area contributed by atoms with Crippen molar-refractivity contribution >= 4 is 28.9 Å². The summed E-state index contributed by atoms with van der Waals surface area (Å²) in [7, 11) is 0. The number of rotatable bonds is 7. The lowest BCUT2D eigenvalue weighted by molar-refractivity contribution is -0.137. The fourth-order valence-electron chi connectivity index (χ4n) is 5.14. The zero-order valence-corrected chi connectivity index (χ0v) is 21.1. The molecule has 2 aliphatic rings. The molecule has 0 aliphatic carbocycles. The number of likely N-dealkylation sites (tertiary alicyclic amines) is 1. The Morgan fingerprint density at radius 1 is 0.892 bits per heavy atom. The summed E-state index contributed by atoms with van der Waals surface area (Å²) in [5.74, 6) is -0.0569. The number of para-hydroxylation sites is 1. The number of hydrogen-bond donors (Lipinski definition) is 0. The number of carbonyl (C=O) groups is 1. The minimum Gasteiger partial charge on any atom is -0.340 e. The largest absolute Gasteiger partial charge is 0.416 e. The van der Waals surface area contributed by atoms with Gasteiger partial charge in [0, 0.05) is 34.9 Å². The van der Waals surface area contributed by atoms with Crippen LogP contribution in [0.3, 0.4) is 0 Å². The highest BCUT2D eigenvalue weighted by molar-refractivity contribution is 7.99. The van der Waals surface area contributed by atoms with Crippen LogP contribution in [0.15, 0.2) is 82.6 Å². The van der Waals surface area contributed by atoms with Gasteiger partial charge in [-0.3, -0.25) is 9.69 Å². The average Bonchev–Trinajstić information content (AvgIpc) is 2.90. The van der Waals surface area contributed by atoms with Gasteiger partial charge in [-0.25, -0.2) is 4.39 Å². The normalized spacial score (nSPS) is 19.8. The van der Waals surface area contributed by atoms with Crippen LogP contribution in [0.1, 0.15) is 41.6 Å². The van der Waals surface area contributed by atoms with Crippen LogP contribution >= 0.6 is 11.8 Å². The first-order valence-electron chi connectivity index (χ1n) is 12.5. The summed E-state index contributed by atoms with van der Waals surface area (Å²) in [5, 5.41) is 0. The molecule has 3 aromatic rings. The van der Waals surface area contributed by atoms with Gasteiger partial charge in [0.15, 0.2) is 5.78 Å². The predicted molar refractivity (Wildman–Crippen MR) is 139 cm³/mol. The molecular formula is C29H28F4N2OS. The third-order valence-electron chi connectivity index (χ3n) is 7.04. The number of halogens is 4. The van der Waals surface area contributed by atoms with E-state index in [2.05, 4.69) is 4.90 Å². The Labute approximate surface area is 218 Å². The van der Waals surface area contributed by atoms with Crippen molar-refractivity contribution in [3.63, 3.8) is 0 Å². The summed E-state index contributed by atoms with van der Waals surface area (Å²) >= 11 is 1.48. The Morgan fingerprint density at radius 3 is 2.38 bits per heavy atom. The lowest BCUT2D eigenvalue weighted by atomic mass is 9.93. The molecule has 1 fully saturated rings. The fourth-order valence-corrected chi connectivity index (χ4v) is 6.21. The number of piperidine rings is 1. The smallest absolute Gasteiger partial charge is 0.340 e. The molecule has 8 heteroatoms. The number of ketones is 1. The molecule has 0 bridgehead atoms. The maximum Gasteiger partial charge on any atom is 0.416 e. The lowest BCUT2D eigenvalue weighted by Gasteiger charge is -2.37. The monoisotopic (exact) mass is 528 g/mol. The number of alkyl halides is 4. The van der Waals surface area contributed by atoms with Gasteiger partial charge in [-0.15, -0.1) is 0 Å². The SMILES string of the molecule is O=C(c1ccccc1)C1CC(F)CCN1CCCCN1c2ccccc2Sc2ccc(C(F)(F)F)cc21. The number of anilines is 2. The molecule has 3 aromatic carbocycles. The van der Waals surface area contributed by atoms with Crippen molar-refractivity contribution in [1.29, 1.82) is 0 Å². The molecular weight excluding hydrogens is 500 g/mol. The molecule has 3 nitrogen and oxygen atoms in total. The topological polar surface area (TPSA) is 23.6 Å². The third kappa shape index (κ3) is 5.70. The number of hydrogen-bond acceptors (Lipinski definition) is 4. The van der Waals surface area contributed by atoms with Crippen molar-refractivity contribution in [3.8, 4) is 0 Å². The van der Waals surface area contributed by atoms with Gasteiger partial charge in [0.2, 0.25) is 0 Å². The Morgan fingerprint density at radius 2 is 1.59 bits per heavy atom. The first-order valence-corrected chi connectivity index (χ1v) is 13.4. The van der Waals surface area contributed by atoms with Gasteiger partial charge < -0.3 is 4.90 Å². The van der Waals surface area contributed by atoms with Crippen LogP contribution in [0.5, 0.6) is 0 Å². The molecule has 1 saturated heterocycles. The number of fused-ring (bicyclic) bond motifs is 2. The molecule has 37 heavy (non-hydrogen) atoms. The summed E-state index contributed by atoms with van der Waals surface area (Å²) in [6.07, 6.45) is -3.34. The second kappa shape index (κ2) is 10.9. The molecule has 0 saturated carbocycles. The number of Topliss-reactive ketones (excluding diaryl/α,β-unsaturated/α-hetero) is 1. The van der Waals surface area contributed by atoms with Crippen LogP contribution in [0.4, 0.5) is 28.9 Å². The van der Waals surface area contributed by atoms with Crippen molar-refractivity contribution in [2.24, 2.45) is 0 Å². The second-order valence-corrected chi connectivity index (χ2v) is 10.6. The van der Waals surface area contributed by atoms with E-state index in [-0.39, 0.29) is 12.2 Å². The van der Waals surface area contributed by atoms with E-state index in [9.17, 15) is 22.4 Å². The van der Waals surface area contributed by atoms with Crippen LogP contribution < -0.4 is 4.90 Å². The van der Waals surface area contributed by atoms with Crippen molar-refractivity contribution in [2.75, 3.05) is 24.5 Å². The average molecular weight is 529 g/mol. The molecule has 0 spiro atoms. The maximum atomic E-state index is 14.2.